The highest BCUT2D eigenvalue weighted by Gasteiger charge is 2.28. The molecule has 0 heterocycles. The Morgan fingerprint density at radius 2 is 2.18 bits per heavy atom. The van der Waals surface area contributed by atoms with E-state index in [0.29, 0.717) is 5.38 Å². The maximum absolute atomic E-state index is 6.12. The van der Waals surface area contributed by atoms with Gasteiger partial charge in [-0.1, -0.05) is 0 Å². The summed E-state index contributed by atoms with van der Waals surface area (Å²) in [5.74, 6) is 0.846. The topological polar surface area (TPSA) is 9.23 Å². The lowest BCUT2D eigenvalue weighted by molar-refractivity contribution is 0.192. The number of halogens is 1. The average molecular weight is 177 g/mol. The number of ether oxygens (including phenoxy) is 1. The second-order valence-electron chi connectivity index (χ2n) is 3.34. The van der Waals surface area contributed by atoms with Gasteiger partial charge in [0.05, 0.1) is 0 Å². The van der Waals surface area contributed by atoms with Crippen molar-refractivity contribution in [2.45, 2.75) is 37.5 Å². The van der Waals surface area contributed by atoms with Gasteiger partial charge in [-0.2, -0.15) is 0 Å². The lowest BCUT2D eigenvalue weighted by Gasteiger charge is -2.06. The minimum absolute atomic E-state index is 0.451. The van der Waals surface area contributed by atoms with Gasteiger partial charge in [0.15, 0.2) is 0 Å². The molecule has 0 bridgehead atoms. The average Bonchev–Trinajstić information content (AvgIpc) is 2.79. The summed E-state index contributed by atoms with van der Waals surface area (Å²) in [6, 6.07) is 0. The molecule has 1 unspecified atom stereocenters. The van der Waals surface area contributed by atoms with Gasteiger partial charge in [0.25, 0.3) is 0 Å². The maximum atomic E-state index is 6.12. The molecule has 0 aliphatic heterocycles. The van der Waals surface area contributed by atoms with Gasteiger partial charge in [-0.25, -0.2) is 0 Å². The second-order valence-corrected chi connectivity index (χ2v) is 3.90. The third-order valence-corrected chi connectivity index (χ3v) is 2.79. The molecule has 0 saturated heterocycles. The van der Waals surface area contributed by atoms with E-state index in [1.807, 2.05) is 0 Å². The number of rotatable bonds is 6. The predicted octanol–water partition coefficient (Wildman–Crippen LogP) is 2.82. The second kappa shape index (κ2) is 5.00. The zero-order chi connectivity index (χ0) is 8.10. The van der Waals surface area contributed by atoms with Gasteiger partial charge < -0.3 is 4.74 Å². The first-order chi connectivity index (χ1) is 5.34. The fraction of sp³-hybridized carbons (Fsp3) is 1.00. The van der Waals surface area contributed by atoms with Crippen molar-refractivity contribution in [2.24, 2.45) is 5.92 Å². The molecule has 1 fully saturated rings. The Morgan fingerprint density at radius 3 is 2.73 bits per heavy atom. The molecule has 1 aliphatic rings. The Bertz CT molecular complexity index is 102. The van der Waals surface area contributed by atoms with Gasteiger partial charge in [0, 0.05) is 19.1 Å². The van der Waals surface area contributed by atoms with Crippen LogP contribution < -0.4 is 0 Å². The highest BCUT2D eigenvalue weighted by molar-refractivity contribution is 6.20. The minimum atomic E-state index is 0.451. The molecule has 0 aromatic carbocycles. The summed E-state index contributed by atoms with van der Waals surface area (Å²) in [6.45, 7) is 0.883. The van der Waals surface area contributed by atoms with Crippen LogP contribution in [0.4, 0.5) is 0 Å². The van der Waals surface area contributed by atoms with Crippen LogP contribution in [0.5, 0.6) is 0 Å². The Labute approximate surface area is 74.1 Å². The minimum Gasteiger partial charge on any atom is -0.385 e. The zero-order valence-electron chi connectivity index (χ0n) is 7.18. The third kappa shape index (κ3) is 3.97. The van der Waals surface area contributed by atoms with Crippen molar-refractivity contribution in [1.82, 2.24) is 0 Å². The molecule has 0 aromatic rings. The fourth-order valence-corrected chi connectivity index (χ4v) is 1.69. The van der Waals surface area contributed by atoms with Crippen LogP contribution in [0, 0.1) is 5.92 Å². The Morgan fingerprint density at radius 1 is 1.45 bits per heavy atom. The van der Waals surface area contributed by atoms with Gasteiger partial charge in [-0.05, 0) is 38.0 Å². The van der Waals surface area contributed by atoms with Gasteiger partial charge in [0.1, 0.15) is 0 Å². The first-order valence-electron chi connectivity index (χ1n) is 4.47. The highest BCUT2D eigenvalue weighted by atomic mass is 35.5. The van der Waals surface area contributed by atoms with E-state index >= 15 is 0 Å². The van der Waals surface area contributed by atoms with Crippen molar-refractivity contribution < 1.29 is 4.74 Å². The molecular weight excluding hydrogens is 160 g/mol. The molecule has 11 heavy (non-hydrogen) atoms. The van der Waals surface area contributed by atoms with Gasteiger partial charge in [0.2, 0.25) is 0 Å². The van der Waals surface area contributed by atoms with Crippen LogP contribution in [0.25, 0.3) is 0 Å². The lowest BCUT2D eigenvalue weighted by atomic mass is 10.1. The first-order valence-corrected chi connectivity index (χ1v) is 4.91. The standard InChI is InChI=1S/C9H17ClO/c1-11-7-3-2-4-9(10)8-5-6-8/h8-9H,2-7H2,1H3. The quantitative estimate of drug-likeness (QED) is 0.447. The van der Waals surface area contributed by atoms with Crippen molar-refractivity contribution in [2.75, 3.05) is 13.7 Å². The Balaban J connectivity index is 1.85. The molecule has 1 atom stereocenters. The third-order valence-electron chi connectivity index (χ3n) is 2.21. The summed E-state index contributed by atoms with van der Waals surface area (Å²) in [6.07, 6.45) is 6.28. The summed E-state index contributed by atoms with van der Waals surface area (Å²) in [7, 11) is 1.75. The largest absolute Gasteiger partial charge is 0.385 e. The summed E-state index contributed by atoms with van der Waals surface area (Å²) in [5.41, 5.74) is 0. The van der Waals surface area contributed by atoms with Crippen LogP contribution >= 0.6 is 11.6 Å². The van der Waals surface area contributed by atoms with Crippen LogP contribution in [-0.2, 0) is 4.74 Å². The predicted molar refractivity (Wildman–Crippen MR) is 48.1 cm³/mol. The summed E-state index contributed by atoms with van der Waals surface area (Å²) in [4.78, 5) is 0. The number of unbranched alkanes of at least 4 members (excludes halogenated alkanes) is 1. The van der Waals surface area contributed by atoms with E-state index in [0.717, 1.165) is 18.9 Å². The SMILES string of the molecule is COCCCCC(Cl)C1CC1. The van der Waals surface area contributed by atoms with Crippen LogP contribution in [-0.4, -0.2) is 19.1 Å². The highest BCUT2D eigenvalue weighted by Crippen LogP contribution is 2.37. The Kier molecular flexibility index (Phi) is 4.24. The van der Waals surface area contributed by atoms with Crippen molar-refractivity contribution in [3.05, 3.63) is 0 Å². The van der Waals surface area contributed by atoms with E-state index in [1.165, 1.54) is 25.7 Å². The molecular formula is C9H17ClO. The lowest BCUT2D eigenvalue weighted by Crippen LogP contribution is -2.01. The molecule has 66 valence electrons. The van der Waals surface area contributed by atoms with Gasteiger partial charge in [-0.15, -0.1) is 11.6 Å². The number of methoxy groups -OCH3 is 1. The van der Waals surface area contributed by atoms with E-state index in [4.69, 9.17) is 16.3 Å². The van der Waals surface area contributed by atoms with E-state index in [-0.39, 0.29) is 0 Å². The van der Waals surface area contributed by atoms with Gasteiger partial charge >= 0.3 is 0 Å². The van der Waals surface area contributed by atoms with Crippen LogP contribution in [0.2, 0.25) is 0 Å². The Hall–Kier alpha value is 0.250. The van der Waals surface area contributed by atoms with E-state index in [9.17, 15) is 0 Å². The number of hydrogen-bond donors (Lipinski definition) is 0. The molecule has 0 amide bonds. The van der Waals surface area contributed by atoms with Crippen LogP contribution in [0.3, 0.4) is 0 Å². The molecule has 1 rings (SSSR count). The van der Waals surface area contributed by atoms with E-state index < -0.39 is 0 Å². The molecule has 0 aromatic heterocycles. The zero-order valence-corrected chi connectivity index (χ0v) is 7.94. The molecule has 1 saturated carbocycles. The van der Waals surface area contributed by atoms with Crippen molar-refractivity contribution in [3.63, 3.8) is 0 Å². The maximum Gasteiger partial charge on any atom is 0.0462 e. The summed E-state index contributed by atoms with van der Waals surface area (Å²) in [5, 5.41) is 0.451. The van der Waals surface area contributed by atoms with Crippen LogP contribution in [0.15, 0.2) is 0 Å². The van der Waals surface area contributed by atoms with Crippen molar-refractivity contribution >= 4 is 11.6 Å². The smallest absolute Gasteiger partial charge is 0.0462 e. The fourth-order valence-electron chi connectivity index (χ4n) is 1.28. The summed E-state index contributed by atoms with van der Waals surface area (Å²) >= 11 is 6.12. The number of hydrogen-bond acceptors (Lipinski definition) is 1. The van der Waals surface area contributed by atoms with Crippen molar-refractivity contribution in [1.29, 1.82) is 0 Å². The normalized spacial score (nSPS) is 20.2. The molecule has 2 heteroatoms. The van der Waals surface area contributed by atoms with Crippen LogP contribution in [0.1, 0.15) is 32.1 Å². The number of alkyl halides is 1. The molecule has 0 N–H and O–H groups in total. The first kappa shape index (κ1) is 9.34. The van der Waals surface area contributed by atoms with Crippen molar-refractivity contribution in [3.8, 4) is 0 Å². The van der Waals surface area contributed by atoms with Gasteiger partial charge in [-0.3, -0.25) is 0 Å². The monoisotopic (exact) mass is 176 g/mol. The summed E-state index contributed by atoms with van der Waals surface area (Å²) < 4.78 is 4.96. The van der Waals surface area contributed by atoms with E-state index in [1.54, 1.807) is 7.11 Å². The molecule has 1 nitrogen and oxygen atoms in total. The molecule has 0 spiro atoms. The molecule has 1 aliphatic carbocycles. The molecule has 0 radical (unpaired) electrons. The van der Waals surface area contributed by atoms with E-state index in [2.05, 4.69) is 0 Å².